The molecule has 9 nitrogen and oxygen atoms in total. The number of methoxy groups -OCH3 is 1. The molecule has 0 fully saturated rings. The lowest BCUT2D eigenvalue weighted by molar-refractivity contribution is -0.145. The van der Waals surface area contributed by atoms with Crippen LogP contribution in [0.3, 0.4) is 0 Å². The number of esters is 2. The van der Waals surface area contributed by atoms with Crippen molar-refractivity contribution < 1.29 is 33.4 Å². The molecule has 0 bridgehead atoms. The fourth-order valence-corrected chi connectivity index (χ4v) is 4.70. The summed E-state index contributed by atoms with van der Waals surface area (Å²) in [5.74, 6) is -1.58. The van der Waals surface area contributed by atoms with Gasteiger partial charge in [0.2, 0.25) is 5.91 Å². The van der Waals surface area contributed by atoms with Gasteiger partial charge in [-0.3, -0.25) is 9.69 Å². The van der Waals surface area contributed by atoms with E-state index in [4.69, 9.17) is 14.2 Å². The van der Waals surface area contributed by atoms with Crippen LogP contribution in [-0.4, -0.2) is 53.6 Å². The van der Waals surface area contributed by atoms with Crippen LogP contribution < -0.4 is 5.32 Å². The normalized spacial score (nSPS) is 15.1. The Hall–Kier alpha value is -4.66. The van der Waals surface area contributed by atoms with E-state index in [1.165, 1.54) is 12.0 Å². The van der Waals surface area contributed by atoms with Crippen molar-refractivity contribution in [3.63, 3.8) is 0 Å². The molecule has 0 saturated carbocycles. The van der Waals surface area contributed by atoms with Gasteiger partial charge in [-0.15, -0.1) is 0 Å². The van der Waals surface area contributed by atoms with E-state index in [9.17, 15) is 19.2 Å². The Labute approximate surface area is 245 Å². The van der Waals surface area contributed by atoms with Gasteiger partial charge >= 0.3 is 18.0 Å². The van der Waals surface area contributed by atoms with Crippen LogP contribution in [0.4, 0.5) is 4.79 Å². The molecule has 220 valence electrons. The van der Waals surface area contributed by atoms with E-state index in [1.54, 1.807) is 45.0 Å². The maximum Gasteiger partial charge on any atom is 0.411 e. The van der Waals surface area contributed by atoms with Crippen molar-refractivity contribution in [2.45, 2.75) is 64.4 Å². The number of hydrogen-bond donors (Lipinski definition) is 1. The largest absolute Gasteiger partial charge is 0.467 e. The van der Waals surface area contributed by atoms with Gasteiger partial charge in [0.25, 0.3) is 0 Å². The van der Waals surface area contributed by atoms with E-state index >= 15 is 0 Å². The van der Waals surface area contributed by atoms with E-state index in [-0.39, 0.29) is 26.0 Å². The number of carbonyl (C=O) groups is 4. The molecule has 4 rings (SSSR count). The molecule has 1 aliphatic rings. The Balaban J connectivity index is 1.49. The Bertz CT molecular complexity index is 1410. The lowest BCUT2D eigenvalue weighted by Gasteiger charge is -2.35. The van der Waals surface area contributed by atoms with Crippen molar-refractivity contribution in [3.05, 3.63) is 107 Å². The maximum absolute atomic E-state index is 13.7. The lowest BCUT2D eigenvalue weighted by Crippen LogP contribution is -2.56. The first kappa shape index (κ1) is 30.3. The fourth-order valence-electron chi connectivity index (χ4n) is 4.70. The summed E-state index contributed by atoms with van der Waals surface area (Å²) >= 11 is 0. The summed E-state index contributed by atoms with van der Waals surface area (Å²) in [6.07, 6.45) is -0.240. The summed E-state index contributed by atoms with van der Waals surface area (Å²) in [4.78, 5) is 53.4. The minimum absolute atomic E-state index is 0.0657. The molecule has 2 atom stereocenters. The van der Waals surface area contributed by atoms with Crippen molar-refractivity contribution in [1.29, 1.82) is 0 Å². The van der Waals surface area contributed by atoms with Crippen LogP contribution in [0.15, 0.2) is 78.9 Å². The third kappa shape index (κ3) is 7.96. The van der Waals surface area contributed by atoms with Gasteiger partial charge in [0.1, 0.15) is 24.3 Å². The van der Waals surface area contributed by atoms with Crippen molar-refractivity contribution >= 4 is 23.9 Å². The fraction of sp³-hybridized carbons (Fsp3) is 0.333. The van der Waals surface area contributed by atoms with E-state index in [2.05, 4.69) is 5.32 Å². The van der Waals surface area contributed by atoms with Gasteiger partial charge in [-0.2, -0.15) is 0 Å². The van der Waals surface area contributed by atoms with Crippen molar-refractivity contribution in [2.75, 3.05) is 7.11 Å². The molecule has 1 heterocycles. The number of amides is 2. The third-order valence-corrected chi connectivity index (χ3v) is 6.82. The second-order valence-electron chi connectivity index (χ2n) is 11.1. The quantitative estimate of drug-likeness (QED) is 0.310. The third-order valence-electron chi connectivity index (χ3n) is 6.82. The molecule has 1 N–H and O–H groups in total. The molecule has 1 aliphatic heterocycles. The predicted molar refractivity (Wildman–Crippen MR) is 155 cm³/mol. The van der Waals surface area contributed by atoms with E-state index < -0.39 is 41.6 Å². The molecule has 3 aromatic rings. The molecule has 0 unspecified atom stereocenters. The van der Waals surface area contributed by atoms with Gasteiger partial charge < -0.3 is 19.5 Å². The minimum Gasteiger partial charge on any atom is -0.467 e. The van der Waals surface area contributed by atoms with Crippen LogP contribution in [0.5, 0.6) is 0 Å². The number of ether oxygens (including phenoxy) is 3. The standard InChI is InChI=1S/C33H36N2O7/c1-33(2,3)42-30(37)24-16-14-22(15-17-24)18-27(31(38)40-4)34-29(36)28-19-25-12-8-9-13-26(25)20-35(28)32(39)41-21-23-10-6-5-7-11-23/h5-17,27-28H,18-21H2,1-4H3,(H,34,36)/t27-,28-/m0/s1. The highest BCUT2D eigenvalue weighted by Gasteiger charge is 2.37. The Morgan fingerprint density at radius 1 is 0.881 bits per heavy atom. The second-order valence-corrected chi connectivity index (χ2v) is 11.1. The van der Waals surface area contributed by atoms with Crippen LogP contribution in [0, 0.1) is 0 Å². The SMILES string of the molecule is COC(=O)[C@H](Cc1ccc(C(=O)OC(C)(C)C)cc1)NC(=O)[C@@H]1Cc2ccccc2CN1C(=O)OCc1ccccc1. The Morgan fingerprint density at radius 3 is 2.17 bits per heavy atom. The summed E-state index contributed by atoms with van der Waals surface area (Å²) in [5.41, 5.74) is 3.14. The van der Waals surface area contributed by atoms with Crippen LogP contribution in [-0.2, 0) is 49.8 Å². The number of nitrogens with zero attached hydrogens (tertiary/aromatic N) is 1. The first-order valence-electron chi connectivity index (χ1n) is 13.8. The van der Waals surface area contributed by atoms with Crippen molar-refractivity contribution in [3.8, 4) is 0 Å². The first-order valence-corrected chi connectivity index (χ1v) is 13.8. The van der Waals surface area contributed by atoms with Gasteiger partial charge in [-0.05, 0) is 55.2 Å². The molecular formula is C33H36N2O7. The topological polar surface area (TPSA) is 111 Å². The summed E-state index contributed by atoms with van der Waals surface area (Å²) in [6.45, 7) is 5.63. The molecule has 42 heavy (non-hydrogen) atoms. The average molecular weight is 573 g/mol. The van der Waals surface area contributed by atoms with Crippen molar-refractivity contribution in [2.24, 2.45) is 0 Å². The number of rotatable bonds is 8. The zero-order valence-corrected chi connectivity index (χ0v) is 24.3. The van der Waals surface area contributed by atoms with Gasteiger partial charge in [-0.1, -0.05) is 66.7 Å². The predicted octanol–water partition coefficient (Wildman–Crippen LogP) is 4.61. The van der Waals surface area contributed by atoms with Crippen molar-refractivity contribution in [1.82, 2.24) is 10.2 Å². The second kappa shape index (κ2) is 13.3. The van der Waals surface area contributed by atoms with Crippen LogP contribution in [0.2, 0.25) is 0 Å². The number of fused-ring (bicyclic) bond motifs is 1. The molecule has 3 aromatic carbocycles. The minimum atomic E-state index is -1.02. The maximum atomic E-state index is 13.7. The van der Waals surface area contributed by atoms with Crippen LogP contribution in [0.1, 0.15) is 53.4 Å². The van der Waals surface area contributed by atoms with E-state index in [0.29, 0.717) is 11.1 Å². The molecule has 0 spiro atoms. The number of carbonyl (C=O) groups excluding carboxylic acids is 4. The summed E-state index contributed by atoms with van der Waals surface area (Å²) in [6, 6.07) is 21.6. The van der Waals surface area contributed by atoms with E-state index in [0.717, 1.165) is 16.7 Å². The molecule has 0 aliphatic carbocycles. The summed E-state index contributed by atoms with van der Waals surface area (Å²) in [7, 11) is 1.25. The molecular weight excluding hydrogens is 536 g/mol. The zero-order valence-electron chi connectivity index (χ0n) is 24.3. The zero-order chi connectivity index (χ0) is 30.3. The molecule has 2 amide bonds. The van der Waals surface area contributed by atoms with Gasteiger partial charge in [0.15, 0.2) is 0 Å². The van der Waals surface area contributed by atoms with E-state index in [1.807, 2.05) is 54.6 Å². The average Bonchev–Trinajstić information content (AvgIpc) is 2.98. The van der Waals surface area contributed by atoms with Gasteiger partial charge in [0, 0.05) is 12.8 Å². The molecule has 9 heteroatoms. The van der Waals surface area contributed by atoms with Gasteiger partial charge in [0.05, 0.1) is 19.2 Å². The number of hydrogen-bond acceptors (Lipinski definition) is 7. The van der Waals surface area contributed by atoms with Crippen LogP contribution in [0.25, 0.3) is 0 Å². The summed E-state index contributed by atoms with van der Waals surface area (Å²) < 4.78 is 15.9. The number of benzene rings is 3. The highest BCUT2D eigenvalue weighted by molar-refractivity contribution is 5.91. The molecule has 0 radical (unpaired) electrons. The number of nitrogens with one attached hydrogen (secondary N) is 1. The van der Waals surface area contributed by atoms with Gasteiger partial charge in [-0.25, -0.2) is 14.4 Å². The van der Waals surface area contributed by atoms with Crippen LogP contribution >= 0.6 is 0 Å². The smallest absolute Gasteiger partial charge is 0.411 e. The molecule has 0 saturated heterocycles. The Kier molecular flexibility index (Phi) is 9.62. The monoisotopic (exact) mass is 572 g/mol. The highest BCUT2D eigenvalue weighted by atomic mass is 16.6. The molecule has 0 aromatic heterocycles. The highest BCUT2D eigenvalue weighted by Crippen LogP contribution is 2.25. The lowest BCUT2D eigenvalue weighted by atomic mass is 9.93. The summed E-state index contributed by atoms with van der Waals surface area (Å²) in [5, 5.41) is 2.79. The Morgan fingerprint density at radius 2 is 1.52 bits per heavy atom. The first-order chi connectivity index (χ1) is 20.0.